The van der Waals surface area contributed by atoms with Gasteiger partial charge < -0.3 is 11.1 Å². The monoisotopic (exact) mass is 310 g/mol. The minimum absolute atomic E-state index is 0.107. The van der Waals surface area contributed by atoms with E-state index in [1.807, 2.05) is 6.07 Å². The van der Waals surface area contributed by atoms with Crippen LogP contribution in [-0.4, -0.2) is 12.5 Å². The number of nitrogens with one attached hydrogen (secondary N) is 1. The number of amides is 1. The van der Waals surface area contributed by atoms with Gasteiger partial charge in [-0.3, -0.25) is 4.79 Å². The molecular formula is C15H19ClN2OS. The van der Waals surface area contributed by atoms with Gasteiger partial charge in [-0.25, -0.2) is 0 Å². The molecule has 20 heavy (non-hydrogen) atoms. The molecule has 1 amide bonds. The van der Waals surface area contributed by atoms with E-state index in [-0.39, 0.29) is 11.3 Å². The predicted molar refractivity (Wildman–Crippen MR) is 87.7 cm³/mol. The Balaban J connectivity index is 2.16. The van der Waals surface area contributed by atoms with Crippen LogP contribution < -0.4 is 11.1 Å². The fraction of sp³-hybridized carbons (Fsp3) is 0.400. The third-order valence-corrected chi connectivity index (χ3v) is 4.48. The summed E-state index contributed by atoms with van der Waals surface area (Å²) >= 11 is 7.36. The van der Waals surface area contributed by atoms with Gasteiger partial charge >= 0.3 is 0 Å². The second-order valence-electron chi connectivity index (χ2n) is 6.05. The molecule has 0 bridgehead atoms. The lowest BCUT2D eigenvalue weighted by Gasteiger charge is -2.17. The standard InChI is InChI=1S/C15H19ClN2OS/c1-15(2,3)6-7-18-14(19)13-12(17)10-8-9(16)4-5-11(10)20-13/h4-5,8H,6-7,17H2,1-3H3,(H,18,19). The summed E-state index contributed by atoms with van der Waals surface area (Å²) in [6, 6.07) is 5.50. The number of rotatable bonds is 3. The third kappa shape index (κ3) is 3.44. The van der Waals surface area contributed by atoms with Gasteiger partial charge in [-0.1, -0.05) is 32.4 Å². The summed E-state index contributed by atoms with van der Waals surface area (Å²) in [6.07, 6.45) is 0.926. The molecule has 1 aromatic carbocycles. The van der Waals surface area contributed by atoms with Crippen molar-refractivity contribution in [1.29, 1.82) is 0 Å². The summed E-state index contributed by atoms with van der Waals surface area (Å²) in [5.41, 5.74) is 6.77. The van der Waals surface area contributed by atoms with Gasteiger partial charge in [0.15, 0.2) is 0 Å². The van der Waals surface area contributed by atoms with E-state index >= 15 is 0 Å². The summed E-state index contributed by atoms with van der Waals surface area (Å²) in [4.78, 5) is 12.8. The number of fused-ring (bicyclic) bond motifs is 1. The average Bonchev–Trinajstić information content (AvgIpc) is 2.65. The molecule has 3 nitrogen and oxygen atoms in total. The minimum atomic E-state index is -0.107. The second-order valence-corrected chi connectivity index (χ2v) is 7.54. The van der Waals surface area contributed by atoms with Crippen molar-refractivity contribution in [3.05, 3.63) is 28.1 Å². The van der Waals surface area contributed by atoms with Gasteiger partial charge in [0.2, 0.25) is 0 Å². The Morgan fingerprint density at radius 1 is 1.40 bits per heavy atom. The van der Waals surface area contributed by atoms with E-state index in [2.05, 4.69) is 26.1 Å². The fourth-order valence-corrected chi connectivity index (χ4v) is 3.08. The number of hydrogen-bond donors (Lipinski definition) is 2. The molecule has 0 saturated heterocycles. The van der Waals surface area contributed by atoms with Crippen molar-refractivity contribution in [2.75, 3.05) is 12.3 Å². The molecule has 0 atom stereocenters. The molecule has 2 rings (SSSR count). The summed E-state index contributed by atoms with van der Waals surface area (Å²) < 4.78 is 0.980. The summed E-state index contributed by atoms with van der Waals surface area (Å²) in [7, 11) is 0. The van der Waals surface area contributed by atoms with Crippen molar-refractivity contribution in [2.45, 2.75) is 27.2 Å². The summed E-state index contributed by atoms with van der Waals surface area (Å²) in [5, 5.41) is 4.41. The van der Waals surface area contributed by atoms with Crippen LogP contribution in [0.4, 0.5) is 5.69 Å². The lowest BCUT2D eigenvalue weighted by molar-refractivity contribution is 0.0954. The van der Waals surface area contributed by atoms with Crippen LogP contribution in [0, 0.1) is 5.41 Å². The normalized spacial score (nSPS) is 11.8. The molecule has 2 aromatic rings. The fourth-order valence-electron chi connectivity index (χ4n) is 1.89. The molecule has 0 fully saturated rings. The number of nitrogen functional groups attached to an aromatic ring is 1. The highest BCUT2D eigenvalue weighted by molar-refractivity contribution is 7.21. The first-order chi connectivity index (χ1) is 9.28. The predicted octanol–water partition coefficient (Wildman–Crippen LogP) is 4.30. The number of halogens is 1. The Labute approximate surface area is 128 Å². The lowest BCUT2D eigenvalue weighted by atomic mass is 9.92. The van der Waals surface area contributed by atoms with Crippen LogP contribution in [0.3, 0.4) is 0 Å². The van der Waals surface area contributed by atoms with Crippen LogP contribution >= 0.6 is 22.9 Å². The van der Waals surface area contributed by atoms with E-state index in [0.29, 0.717) is 22.1 Å². The SMILES string of the molecule is CC(C)(C)CCNC(=O)c1sc2ccc(Cl)cc2c1N. The maximum Gasteiger partial charge on any atom is 0.263 e. The van der Waals surface area contributed by atoms with Crippen molar-refractivity contribution in [3.63, 3.8) is 0 Å². The molecule has 5 heteroatoms. The van der Waals surface area contributed by atoms with Gasteiger partial charge in [0.1, 0.15) is 4.88 Å². The van der Waals surface area contributed by atoms with E-state index in [0.717, 1.165) is 16.5 Å². The Hall–Kier alpha value is -1.26. The number of carbonyl (C=O) groups excluding carboxylic acids is 1. The van der Waals surface area contributed by atoms with Gasteiger partial charge in [0, 0.05) is 21.7 Å². The highest BCUT2D eigenvalue weighted by Crippen LogP contribution is 2.35. The second kappa shape index (κ2) is 5.62. The van der Waals surface area contributed by atoms with Gasteiger partial charge in [0.05, 0.1) is 5.69 Å². The van der Waals surface area contributed by atoms with Crippen LogP contribution in [0.2, 0.25) is 5.02 Å². The average molecular weight is 311 g/mol. The molecule has 0 aliphatic rings. The first-order valence-electron chi connectivity index (χ1n) is 6.54. The summed E-state index contributed by atoms with van der Waals surface area (Å²) in [5.74, 6) is -0.107. The molecule has 1 aromatic heterocycles. The zero-order valence-electron chi connectivity index (χ0n) is 11.9. The quantitative estimate of drug-likeness (QED) is 0.888. The van der Waals surface area contributed by atoms with Gasteiger partial charge in [-0.05, 0) is 30.0 Å². The molecule has 108 valence electrons. The van der Waals surface area contributed by atoms with E-state index in [4.69, 9.17) is 17.3 Å². The molecule has 1 heterocycles. The van der Waals surface area contributed by atoms with Gasteiger partial charge in [0.25, 0.3) is 5.91 Å². The maximum atomic E-state index is 12.2. The molecule has 3 N–H and O–H groups in total. The molecule has 0 radical (unpaired) electrons. The number of benzene rings is 1. The van der Waals surface area contributed by atoms with Gasteiger partial charge in [-0.15, -0.1) is 11.3 Å². The molecule has 0 saturated carbocycles. The number of carbonyl (C=O) groups is 1. The molecule has 0 spiro atoms. The van der Waals surface area contributed by atoms with Crippen LogP contribution in [0.15, 0.2) is 18.2 Å². The van der Waals surface area contributed by atoms with E-state index in [1.165, 1.54) is 11.3 Å². The Morgan fingerprint density at radius 2 is 2.10 bits per heavy atom. The van der Waals surface area contributed by atoms with Crippen molar-refractivity contribution < 1.29 is 4.79 Å². The van der Waals surface area contributed by atoms with E-state index in [1.54, 1.807) is 12.1 Å². The first kappa shape index (κ1) is 15.1. The van der Waals surface area contributed by atoms with E-state index < -0.39 is 0 Å². The van der Waals surface area contributed by atoms with Crippen molar-refractivity contribution in [3.8, 4) is 0 Å². The maximum absolute atomic E-state index is 12.2. The Bertz CT molecular complexity index is 643. The van der Waals surface area contributed by atoms with E-state index in [9.17, 15) is 4.79 Å². The highest BCUT2D eigenvalue weighted by atomic mass is 35.5. The Kier molecular flexibility index (Phi) is 4.25. The third-order valence-electron chi connectivity index (χ3n) is 3.06. The number of anilines is 1. The summed E-state index contributed by atoms with van der Waals surface area (Å²) in [6.45, 7) is 7.09. The zero-order valence-corrected chi connectivity index (χ0v) is 13.5. The molecule has 0 aliphatic carbocycles. The number of nitrogens with two attached hydrogens (primary N) is 1. The Morgan fingerprint density at radius 3 is 2.75 bits per heavy atom. The van der Waals surface area contributed by atoms with Gasteiger partial charge in [-0.2, -0.15) is 0 Å². The van der Waals surface area contributed by atoms with Crippen LogP contribution in [0.25, 0.3) is 10.1 Å². The van der Waals surface area contributed by atoms with Crippen LogP contribution in [0.1, 0.15) is 36.9 Å². The lowest BCUT2D eigenvalue weighted by Crippen LogP contribution is -2.27. The molecule has 0 unspecified atom stereocenters. The van der Waals surface area contributed by atoms with Crippen molar-refractivity contribution in [2.24, 2.45) is 5.41 Å². The van der Waals surface area contributed by atoms with Crippen molar-refractivity contribution >= 4 is 44.6 Å². The number of thiophene rings is 1. The molecule has 0 aliphatic heterocycles. The van der Waals surface area contributed by atoms with Crippen LogP contribution in [0.5, 0.6) is 0 Å². The van der Waals surface area contributed by atoms with Crippen LogP contribution in [-0.2, 0) is 0 Å². The largest absolute Gasteiger partial charge is 0.397 e. The minimum Gasteiger partial charge on any atom is -0.397 e. The molecular weight excluding hydrogens is 292 g/mol. The smallest absolute Gasteiger partial charge is 0.263 e. The first-order valence-corrected chi connectivity index (χ1v) is 7.73. The van der Waals surface area contributed by atoms with Crippen molar-refractivity contribution in [1.82, 2.24) is 5.32 Å². The highest BCUT2D eigenvalue weighted by Gasteiger charge is 2.17. The zero-order chi connectivity index (χ0) is 14.9. The topological polar surface area (TPSA) is 55.1 Å². The number of hydrogen-bond acceptors (Lipinski definition) is 3.